The molecule has 4 aromatic rings. The topological polar surface area (TPSA) is 94.7 Å². The van der Waals surface area contributed by atoms with Crippen LogP contribution in [0.25, 0.3) is 16.0 Å². The van der Waals surface area contributed by atoms with Crippen LogP contribution in [0.1, 0.15) is 41.1 Å². The number of anilines is 1. The normalized spacial score (nSPS) is 13.3. The molecule has 4 heterocycles. The second kappa shape index (κ2) is 8.31. The Morgan fingerprint density at radius 1 is 1.19 bits per heavy atom. The predicted octanol–water partition coefficient (Wildman–Crippen LogP) is 3.56. The monoisotopic (exact) mass is 448 g/mol. The fourth-order valence-electron chi connectivity index (χ4n) is 4.23. The zero-order valence-corrected chi connectivity index (χ0v) is 18.9. The van der Waals surface area contributed by atoms with Crippen LogP contribution in [-0.4, -0.2) is 30.2 Å². The Hall–Kier alpha value is -3.33. The first-order valence-electron chi connectivity index (χ1n) is 10.8. The second-order valence-corrected chi connectivity index (χ2v) is 9.26. The number of fused-ring (bicyclic) bond motifs is 3. The summed E-state index contributed by atoms with van der Waals surface area (Å²) in [4.78, 5) is 36.5. The van der Waals surface area contributed by atoms with Gasteiger partial charge in [-0.25, -0.2) is 14.6 Å². The van der Waals surface area contributed by atoms with Crippen LogP contribution in [-0.2, 0) is 24.2 Å². The molecule has 0 saturated heterocycles. The average Bonchev–Trinajstić information content (AvgIpc) is 3.33. The van der Waals surface area contributed by atoms with E-state index >= 15 is 0 Å². The Balaban J connectivity index is 1.26. The summed E-state index contributed by atoms with van der Waals surface area (Å²) in [6.07, 6.45) is 7.61. The quantitative estimate of drug-likeness (QED) is 0.504. The van der Waals surface area contributed by atoms with Crippen LogP contribution < -0.4 is 10.9 Å². The number of nitrogens with one attached hydrogen (secondary N) is 1. The fourth-order valence-corrected chi connectivity index (χ4v) is 5.45. The van der Waals surface area contributed by atoms with Crippen molar-refractivity contribution in [3.63, 3.8) is 0 Å². The molecule has 0 radical (unpaired) electrons. The summed E-state index contributed by atoms with van der Waals surface area (Å²) in [5, 5.41) is 8.01. The summed E-state index contributed by atoms with van der Waals surface area (Å²) in [7, 11) is 0. The number of amides is 1. The molecule has 0 fully saturated rings. The van der Waals surface area contributed by atoms with Gasteiger partial charge in [0.05, 0.1) is 29.3 Å². The molecule has 0 saturated carbocycles. The first kappa shape index (κ1) is 20.6. The van der Waals surface area contributed by atoms with Crippen molar-refractivity contribution in [3.8, 4) is 5.82 Å². The Morgan fingerprint density at radius 2 is 2.03 bits per heavy atom. The standard InChI is InChI=1S/C23H24N6O2S/c1-14-11-15(2)29(27-14)19-8-7-16(12-24-19)26-20(30)9-10-28-13-25-22-21(23(28)31)17-5-3-4-6-18(17)32-22/h7-8,11-13H,3-6,9-10H2,1-2H3,(H,26,30). The molecule has 0 aliphatic heterocycles. The summed E-state index contributed by atoms with van der Waals surface area (Å²) in [5.74, 6) is 0.517. The van der Waals surface area contributed by atoms with Gasteiger partial charge in [-0.2, -0.15) is 5.10 Å². The molecule has 4 aromatic heterocycles. The third-order valence-corrected chi connectivity index (χ3v) is 6.98. The zero-order chi connectivity index (χ0) is 22.2. The van der Waals surface area contributed by atoms with E-state index < -0.39 is 0 Å². The minimum atomic E-state index is -0.176. The highest BCUT2D eigenvalue weighted by molar-refractivity contribution is 7.18. The summed E-state index contributed by atoms with van der Waals surface area (Å²) in [5.41, 5.74) is 3.65. The van der Waals surface area contributed by atoms with Gasteiger partial charge in [-0.05, 0) is 63.3 Å². The molecule has 32 heavy (non-hydrogen) atoms. The number of hydrogen-bond acceptors (Lipinski definition) is 6. The number of carbonyl (C=O) groups is 1. The minimum Gasteiger partial charge on any atom is -0.325 e. The maximum Gasteiger partial charge on any atom is 0.262 e. The van der Waals surface area contributed by atoms with Crippen LogP contribution in [0.2, 0.25) is 0 Å². The molecule has 0 unspecified atom stereocenters. The van der Waals surface area contributed by atoms with Crippen molar-refractivity contribution in [3.05, 3.63) is 62.9 Å². The number of aryl methyl sites for hydroxylation is 5. The van der Waals surface area contributed by atoms with Crippen molar-refractivity contribution >= 4 is 33.1 Å². The molecule has 0 spiro atoms. The van der Waals surface area contributed by atoms with Gasteiger partial charge in [0.1, 0.15) is 4.83 Å². The summed E-state index contributed by atoms with van der Waals surface area (Å²) in [6.45, 7) is 4.19. The lowest BCUT2D eigenvalue weighted by Crippen LogP contribution is -2.24. The number of hydrogen-bond donors (Lipinski definition) is 1. The number of aromatic nitrogens is 5. The number of rotatable bonds is 5. The molecule has 0 bridgehead atoms. The second-order valence-electron chi connectivity index (χ2n) is 8.18. The Morgan fingerprint density at radius 3 is 2.78 bits per heavy atom. The highest BCUT2D eigenvalue weighted by Crippen LogP contribution is 2.33. The van der Waals surface area contributed by atoms with Gasteiger partial charge >= 0.3 is 0 Å². The molecule has 1 aliphatic rings. The molecule has 5 rings (SSSR count). The highest BCUT2D eigenvalue weighted by Gasteiger charge is 2.20. The van der Waals surface area contributed by atoms with E-state index in [9.17, 15) is 9.59 Å². The molecule has 164 valence electrons. The maximum atomic E-state index is 13.0. The van der Waals surface area contributed by atoms with Crippen LogP contribution in [0.15, 0.2) is 35.5 Å². The van der Waals surface area contributed by atoms with Gasteiger partial charge in [0, 0.05) is 23.5 Å². The van der Waals surface area contributed by atoms with Crippen LogP contribution in [0.4, 0.5) is 5.69 Å². The van der Waals surface area contributed by atoms with Crippen molar-refractivity contribution < 1.29 is 4.79 Å². The smallest absolute Gasteiger partial charge is 0.262 e. The summed E-state index contributed by atoms with van der Waals surface area (Å²) < 4.78 is 3.31. The van der Waals surface area contributed by atoms with E-state index in [-0.39, 0.29) is 24.4 Å². The van der Waals surface area contributed by atoms with Crippen molar-refractivity contribution in [1.82, 2.24) is 24.3 Å². The van der Waals surface area contributed by atoms with E-state index in [2.05, 4.69) is 20.4 Å². The molecular weight excluding hydrogens is 424 g/mol. The lowest BCUT2D eigenvalue weighted by atomic mass is 9.97. The highest BCUT2D eigenvalue weighted by atomic mass is 32.1. The minimum absolute atomic E-state index is 0.0434. The third kappa shape index (κ3) is 3.84. The first-order chi connectivity index (χ1) is 15.5. The van der Waals surface area contributed by atoms with Crippen molar-refractivity contribution in [2.24, 2.45) is 0 Å². The predicted molar refractivity (Wildman–Crippen MR) is 125 cm³/mol. The van der Waals surface area contributed by atoms with Crippen LogP contribution in [0.3, 0.4) is 0 Å². The largest absolute Gasteiger partial charge is 0.325 e. The van der Waals surface area contributed by atoms with Crippen LogP contribution in [0, 0.1) is 13.8 Å². The van der Waals surface area contributed by atoms with Crippen molar-refractivity contribution in [1.29, 1.82) is 0 Å². The van der Waals surface area contributed by atoms with Gasteiger partial charge in [-0.1, -0.05) is 0 Å². The summed E-state index contributed by atoms with van der Waals surface area (Å²) >= 11 is 1.63. The van der Waals surface area contributed by atoms with Crippen molar-refractivity contribution in [2.75, 3.05) is 5.32 Å². The van der Waals surface area contributed by atoms with Gasteiger partial charge in [0.15, 0.2) is 5.82 Å². The Bertz CT molecular complexity index is 1370. The number of pyridine rings is 1. The van der Waals surface area contributed by atoms with Gasteiger partial charge in [-0.3, -0.25) is 14.2 Å². The SMILES string of the molecule is Cc1cc(C)n(-c2ccc(NC(=O)CCn3cnc4sc5c(c4c3=O)CCCC5)cn2)n1. The van der Waals surface area contributed by atoms with E-state index in [0.717, 1.165) is 40.9 Å². The van der Waals surface area contributed by atoms with Gasteiger partial charge in [0.25, 0.3) is 5.56 Å². The molecule has 1 amide bonds. The van der Waals surface area contributed by atoms with Crippen LogP contribution >= 0.6 is 11.3 Å². The lowest BCUT2D eigenvalue weighted by Gasteiger charge is -2.10. The lowest BCUT2D eigenvalue weighted by molar-refractivity contribution is -0.116. The molecule has 1 N–H and O–H groups in total. The van der Waals surface area contributed by atoms with Gasteiger partial charge in [-0.15, -0.1) is 11.3 Å². The first-order valence-corrected chi connectivity index (χ1v) is 11.6. The molecule has 0 aromatic carbocycles. The van der Waals surface area contributed by atoms with E-state index in [0.29, 0.717) is 11.5 Å². The van der Waals surface area contributed by atoms with Gasteiger partial charge < -0.3 is 5.32 Å². The third-order valence-electron chi connectivity index (χ3n) is 5.78. The maximum absolute atomic E-state index is 13.0. The molecule has 0 atom stereocenters. The average molecular weight is 449 g/mol. The number of carbonyl (C=O) groups excluding carboxylic acids is 1. The van der Waals surface area contributed by atoms with E-state index in [1.54, 1.807) is 39.2 Å². The molecule has 1 aliphatic carbocycles. The number of thiophene rings is 1. The molecule has 8 nitrogen and oxygen atoms in total. The summed E-state index contributed by atoms with van der Waals surface area (Å²) in [6, 6.07) is 5.60. The zero-order valence-electron chi connectivity index (χ0n) is 18.1. The molecule has 9 heteroatoms. The van der Waals surface area contributed by atoms with Crippen molar-refractivity contribution in [2.45, 2.75) is 52.5 Å². The fraction of sp³-hybridized carbons (Fsp3) is 0.348. The Labute approximate surface area is 188 Å². The van der Waals surface area contributed by atoms with E-state index in [1.165, 1.54) is 16.9 Å². The van der Waals surface area contributed by atoms with Crippen LogP contribution in [0.5, 0.6) is 0 Å². The Kier molecular flexibility index (Phi) is 5.34. The van der Waals surface area contributed by atoms with Gasteiger partial charge in [0.2, 0.25) is 5.91 Å². The van der Waals surface area contributed by atoms with E-state index in [1.807, 2.05) is 26.0 Å². The van der Waals surface area contributed by atoms with E-state index in [4.69, 9.17) is 0 Å². The number of nitrogens with zero attached hydrogens (tertiary/aromatic N) is 5. The molecular formula is C23H24N6O2S.